The highest BCUT2D eigenvalue weighted by molar-refractivity contribution is 4.79. The SMILES string of the molecule is CC(F)(CN)CN1CCOCC1. The van der Waals surface area contributed by atoms with E-state index in [4.69, 9.17) is 10.5 Å². The van der Waals surface area contributed by atoms with Gasteiger partial charge in [-0.05, 0) is 6.92 Å². The van der Waals surface area contributed by atoms with Crippen molar-refractivity contribution < 1.29 is 9.13 Å². The van der Waals surface area contributed by atoms with E-state index in [9.17, 15) is 4.39 Å². The van der Waals surface area contributed by atoms with Crippen LogP contribution in [0.1, 0.15) is 6.92 Å². The summed E-state index contributed by atoms with van der Waals surface area (Å²) in [4.78, 5) is 2.05. The fourth-order valence-corrected chi connectivity index (χ4v) is 1.29. The third-order valence-corrected chi connectivity index (χ3v) is 2.08. The standard InChI is InChI=1S/C8H17FN2O/c1-8(9,6-10)7-11-2-4-12-5-3-11/h2-7,10H2,1H3. The van der Waals surface area contributed by atoms with Crippen LogP contribution in [0, 0.1) is 0 Å². The minimum Gasteiger partial charge on any atom is -0.379 e. The smallest absolute Gasteiger partial charge is 0.133 e. The second-order valence-corrected chi connectivity index (χ2v) is 3.51. The van der Waals surface area contributed by atoms with Crippen LogP contribution in [0.4, 0.5) is 4.39 Å². The maximum Gasteiger partial charge on any atom is 0.133 e. The highest BCUT2D eigenvalue weighted by Gasteiger charge is 2.25. The van der Waals surface area contributed by atoms with Crippen LogP contribution in [0.25, 0.3) is 0 Å². The first-order valence-electron chi connectivity index (χ1n) is 4.33. The molecule has 1 atom stereocenters. The van der Waals surface area contributed by atoms with Crippen molar-refractivity contribution in [1.29, 1.82) is 0 Å². The van der Waals surface area contributed by atoms with Crippen molar-refractivity contribution in [3.63, 3.8) is 0 Å². The van der Waals surface area contributed by atoms with Crippen molar-refractivity contribution in [2.45, 2.75) is 12.6 Å². The molecule has 0 amide bonds. The van der Waals surface area contributed by atoms with Crippen molar-refractivity contribution in [1.82, 2.24) is 4.90 Å². The molecular weight excluding hydrogens is 159 g/mol. The average Bonchev–Trinajstić information content (AvgIpc) is 2.06. The van der Waals surface area contributed by atoms with E-state index in [1.165, 1.54) is 0 Å². The second-order valence-electron chi connectivity index (χ2n) is 3.51. The van der Waals surface area contributed by atoms with Crippen molar-refractivity contribution in [3.05, 3.63) is 0 Å². The summed E-state index contributed by atoms with van der Waals surface area (Å²) in [5, 5.41) is 0. The van der Waals surface area contributed by atoms with Crippen LogP contribution in [-0.2, 0) is 4.74 Å². The summed E-state index contributed by atoms with van der Waals surface area (Å²) in [6.07, 6.45) is 0. The summed E-state index contributed by atoms with van der Waals surface area (Å²) in [7, 11) is 0. The Balaban J connectivity index is 2.28. The minimum absolute atomic E-state index is 0.0877. The molecule has 1 aliphatic rings. The Morgan fingerprint density at radius 2 is 2.08 bits per heavy atom. The lowest BCUT2D eigenvalue weighted by Crippen LogP contribution is -2.47. The molecule has 3 nitrogen and oxygen atoms in total. The molecule has 1 unspecified atom stereocenters. The first kappa shape index (κ1) is 9.89. The highest BCUT2D eigenvalue weighted by Crippen LogP contribution is 2.11. The predicted molar refractivity (Wildman–Crippen MR) is 45.8 cm³/mol. The Bertz CT molecular complexity index is 135. The molecule has 0 aromatic heterocycles. The van der Waals surface area contributed by atoms with E-state index in [-0.39, 0.29) is 6.54 Å². The van der Waals surface area contributed by atoms with Gasteiger partial charge in [0.25, 0.3) is 0 Å². The molecule has 1 heterocycles. The van der Waals surface area contributed by atoms with Crippen LogP contribution < -0.4 is 5.73 Å². The molecule has 0 aromatic carbocycles. The molecule has 0 aliphatic carbocycles. The molecule has 1 aliphatic heterocycles. The highest BCUT2D eigenvalue weighted by atomic mass is 19.1. The van der Waals surface area contributed by atoms with Gasteiger partial charge in [0.1, 0.15) is 5.67 Å². The zero-order chi connectivity index (χ0) is 9.03. The Hall–Kier alpha value is -0.190. The molecule has 4 heteroatoms. The Morgan fingerprint density at radius 1 is 1.50 bits per heavy atom. The molecule has 1 saturated heterocycles. The number of morpholine rings is 1. The molecule has 1 fully saturated rings. The number of rotatable bonds is 3. The van der Waals surface area contributed by atoms with Gasteiger partial charge in [-0.1, -0.05) is 0 Å². The Labute approximate surface area is 72.7 Å². The van der Waals surface area contributed by atoms with E-state index in [0.717, 1.165) is 13.1 Å². The monoisotopic (exact) mass is 176 g/mol. The zero-order valence-corrected chi connectivity index (χ0v) is 7.55. The zero-order valence-electron chi connectivity index (χ0n) is 7.55. The molecule has 12 heavy (non-hydrogen) atoms. The van der Waals surface area contributed by atoms with Gasteiger partial charge in [-0.15, -0.1) is 0 Å². The fourth-order valence-electron chi connectivity index (χ4n) is 1.29. The largest absolute Gasteiger partial charge is 0.379 e. The molecule has 72 valence electrons. The number of ether oxygens (including phenoxy) is 1. The summed E-state index contributed by atoms with van der Waals surface area (Å²) in [6.45, 7) is 5.11. The minimum atomic E-state index is -1.25. The van der Waals surface area contributed by atoms with E-state index in [0.29, 0.717) is 19.8 Å². The van der Waals surface area contributed by atoms with Gasteiger partial charge >= 0.3 is 0 Å². The third kappa shape index (κ3) is 3.05. The molecule has 0 aromatic rings. The van der Waals surface area contributed by atoms with Gasteiger partial charge in [0, 0.05) is 26.2 Å². The Kier molecular flexibility index (Phi) is 3.43. The summed E-state index contributed by atoms with van der Waals surface area (Å²) >= 11 is 0. The first-order valence-corrected chi connectivity index (χ1v) is 4.33. The summed E-state index contributed by atoms with van der Waals surface area (Å²) in [5.74, 6) is 0. The van der Waals surface area contributed by atoms with Gasteiger partial charge in [-0.2, -0.15) is 0 Å². The van der Waals surface area contributed by atoms with Gasteiger partial charge in [-0.3, -0.25) is 4.90 Å². The number of hydrogen-bond donors (Lipinski definition) is 1. The molecule has 0 saturated carbocycles. The van der Waals surface area contributed by atoms with Crippen molar-refractivity contribution in [2.75, 3.05) is 39.4 Å². The van der Waals surface area contributed by atoms with Crippen molar-refractivity contribution >= 4 is 0 Å². The quantitative estimate of drug-likeness (QED) is 0.658. The van der Waals surface area contributed by atoms with Gasteiger partial charge in [0.15, 0.2) is 0 Å². The van der Waals surface area contributed by atoms with E-state index in [1.807, 2.05) is 0 Å². The first-order chi connectivity index (χ1) is 5.64. The molecule has 1 rings (SSSR count). The maximum atomic E-state index is 13.4. The molecular formula is C8H17FN2O. The number of alkyl halides is 1. The van der Waals surface area contributed by atoms with Crippen LogP contribution in [-0.4, -0.2) is 50.0 Å². The maximum absolute atomic E-state index is 13.4. The second kappa shape index (κ2) is 4.16. The van der Waals surface area contributed by atoms with E-state index in [1.54, 1.807) is 6.92 Å². The van der Waals surface area contributed by atoms with Gasteiger partial charge in [0.05, 0.1) is 13.2 Å². The molecule has 2 N–H and O–H groups in total. The number of hydrogen-bond acceptors (Lipinski definition) is 3. The van der Waals surface area contributed by atoms with Crippen LogP contribution in [0.5, 0.6) is 0 Å². The van der Waals surface area contributed by atoms with Crippen molar-refractivity contribution in [2.24, 2.45) is 5.73 Å². The topological polar surface area (TPSA) is 38.5 Å². The Morgan fingerprint density at radius 3 is 2.58 bits per heavy atom. The van der Waals surface area contributed by atoms with Crippen LogP contribution in [0.15, 0.2) is 0 Å². The molecule has 0 bridgehead atoms. The van der Waals surface area contributed by atoms with Crippen LogP contribution in [0.2, 0.25) is 0 Å². The summed E-state index contributed by atoms with van der Waals surface area (Å²) < 4.78 is 18.5. The lowest BCUT2D eigenvalue weighted by atomic mass is 10.1. The number of nitrogens with zero attached hydrogens (tertiary/aromatic N) is 1. The van der Waals surface area contributed by atoms with Crippen LogP contribution >= 0.6 is 0 Å². The van der Waals surface area contributed by atoms with E-state index < -0.39 is 5.67 Å². The number of nitrogens with two attached hydrogens (primary N) is 1. The fraction of sp³-hybridized carbons (Fsp3) is 1.00. The molecule has 0 radical (unpaired) electrons. The number of halogens is 1. The predicted octanol–water partition coefficient (Wildman–Crippen LogP) is 0.00550. The lowest BCUT2D eigenvalue weighted by molar-refractivity contribution is 0.0119. The summed E-state index contributed by atoms with van der Waals surface area (Å²) in [6, 6.07) is 0. The van der Waals surface area contributed by atoms with Crippen molar-refractivity contribution in [3.8, 4) is 0 Å². The van der Waals surface area contributed by atoms with E-state index >= 15 is 0 Å². The lowest BCUT2D eigenvalue weighted by Gasteiger charge is -2.31. The average molecular weight is 176 g/mol. The third-order valence-electron chi connectivity index (χ3n) is 2.08. The molecule has 0 spiro atoms. The van der Waals surface area contributed by atoms with Gasteiger partial charge in [0.2, 0.25) is 0 Å². The van der Waals surface area contributed by atoms with E-state index in [2.05, 4.69) is 4.90 Å². The summed E-state index contributed by atoms with van der Waals surface area (Å²) in [5.41, 5.74) is 4.04. The van der Waals surface area contributed by atoms with Gasteiger partial charge in [-0.25, -0.2) is 4.39 Å². The van der Waals surface area contributed by atoms with Crippen LogP contribution in [0.3, 0.4) is 0 Å². The van der Waals surface area contributed by atoms with Gasteiger partial charge < -0.3 is 10.5 Å². The normalized spacial score (nSPS) is 25.2.